The van der Waals surface area contributed by atoms with Crippen LogP contribution < -0.4 is 9.47 Å². The molecule has 7 heteroatoms. The quantitative estimate of drug-likeness (QED) is 0.757. The van der Waals surface area contributed by atoms with E-state index in [2.05, 4.69) is 19.1 Å². The number of methoxy groups -OCH3 is 2. The van der Waals surface area contributed by atoms with Crippen molar-refractivity contribution in [3.05, 3.63) is 53.6 Å². The Morgan fingerprint density at radius 3 is 2.48 bits per heavy atom. The third kappa shape index (κ3) is 4.10. The van der Waals surface area contributed by atoms with Gasteiger partial charge in [-0.25, -0.2) is 8.42 Å². The lowest BCUT2D eigenvalue weighted by molar-refractivity contribution is -0.00259. The maximum Gasteiger partial charge on any atom is 0.246 e. The van der Waals surface area contributed by atoms with Gasteiger partial charge in [0.25, 0.3) is 0 Å². The molecule has 0 radical (unpaired) electrons. The highest BCUT2D eigenvalue weighted by molar-refractivity contribution is 7.89. The fraction of sp³-hybridized carbons (Fsp3) is 0.400. The summed E-state index contributed by atoms with van der Waals surface area (Å²) in [6, 6.07) is 12.8. The predicted octanol–water partition coefficient (Wildman–Crippen LogP) is 3.03. The van der Waals surface area contributed by atoms with Crippen molar-refractivity contribution in [2.75, 3.05) is 33.9 Å². The van der Waals surface area contributed by atoms with Crippen LogP contribution in [0.4, 0.5) is 0 Å². The van der Waals surface area contributed by atoms with Crippen molar-refractivity contribution in [2.24, 2.45) is 0 Å². The number of ether oxygens (including phenoxy) is 3. The van der Waals surface area contributed by atoms with Gasteiger partial charge in [0.2, 0.25) is 10.0 Å². The SMILES string of the molecule is CCc1ccc(C2CN(S(=O)(=O)c3ccc(OC)cc3OC)CCO2)cc1. The molecule has 1 aliphatic rings. The average Bonchev–Trinajstić information content (AvgIpc) is 2.73. The standard InChI is InChI=1S/C20H25NO5S/c1-4-15-5-7-16(8-6-15)19-14-21(11-12-26-19)27(22,23)20-10-9-17(24-2)13-18(20)25-3/h5-10,13,19H,4,11-12,14H2,1-3H3. The van der Waals surface area contributed by atoms with Gasteiger partial charge in [-0.05, 0) is 29.7 Å². The van der Waals surface area contributed by atoms with E-state index in [9.17, 15) is 8.42 Å². The van der Waals surface area contributed by atoms with Crippen LogP contribution in [0, 0.1) is 0 Å². The van der Waals surface area contributed by atoms with E-state index in [1.165, 1.54) is 30.2 Å². The van der Waals surface area contributed by atoms with Crippen LogP contribution in [-0.4, -0.2) is 46.6 Å². The normalized spacial score (nSPS) is 18.3. The maximum absolute atomic E-state index is 13.2. The lowest BCUT2D eigenvalue weighted by atomic mass is 10.1. The molecule has 1 saturated heterocycles. The predicted molar refractivity (Wildman–Crippen MR) is 103 cm³/mol. The largest absolute Gasteiger partial charge is 0.497 e. The average molecular weight is 391 g/mol. The molecule has 2 aromatic rings. The fourth-order valence-electron chi connectivity index (χ4n) is 3.14. The molecule has 1 unspecified atom stereocenters. The van der Waals surface area contributed by atoms with Crippen molar-refractivity contribution < 1.29 is 22.6 Å². The molecule has 0 saturated carbocycles. The van der Waals surface area contributed by atoms with Crippen molar-refractivity contribution in [1.29, 1.82) is 0 Å². The summed E-state index contributed by atoms with van der Waals surface area (Å²) in [4.78, 5) is 0.132. The second kappa shape index (κ2) is 8.29. The Balaban J connectivity index is 1.86. The lowest BCUT2D eigenvalue weighted by Gasteiger charge is -2.32. The Morgan fingerprint density at radius 1 is 1.11 bits per heavy atom. The topological polar surface area (TPSA) is 65.1 Å². The van der Waals surface area contributed by atoms with E-state index in [-0.39, 0.29) is 23.3 Å². The summed E-state index contributed by atoms with van der Waals surface area (Å²) in [7, 11) is -0.734. The number of nitrogens with zero attached hydrogens (tertiary/aromatic N) is 1. The Bertz CT molecular complexity index is 880. The molecule has 0 N–H and O–H groups in total. The first-order chi connectivity index (χ1) is 13.0. The molecule has 0 aromatic heterocycles. The molecule has 0 aliphatic carbocycles. The molecule has 146 valence electrons. The molecule has 1 fully saturated rings. The summed E-state index contributed by atoms with van der Waals surface area (Å²) in [5.41, 5.74) is 2.22. The number of aryl methyl sites for hydroxylation is 1. The molecule has 0 amide bonds. The molecular formula is C20H25NO5S. The number of benzene rings is 2. The Kier molecular flexibility index (Phi) is 6.04. The minimum atomic E-state index is -3.71. The number of morpholine rings is 1. The van der Waals surface area contributed by atoms with E-state index in [0.717, 1.165) is 12.0 Å². The van der Waals surface area contributed by atoms with Crippen LogP contribution in [0.2, 0.25) is 0 Å². The van der Waals surface area contributed by atoms with Crippen LogP contribution in [0.15, 0.2) is 47.4 Å². The van der Waals surface area contributed by atoms with Gasteiger partial charge in [0.15, 0.2) is 0 Å². The summed E-state index contributed by atoms with van der Waals surface area (Å²) in [5, 5.41) is 0. The molecule has 1 aliphatic heterocycles. The van der Waals surface area contributed by atoms with Crippen LogP contribution in [-0.2, 0) is 21.2 Å². The van der Waals surface area contributed by atoms with E-state index in [4.69, 9.17) is 14.2 Å². The van der Waals surface area contributed by atoms with E-state index in [0.29, 0.717) is 18.9 Å². The van der Waals surface area contributed by atoms with E-state index >= 15 is 0 Å². The molecule has 1 atom stereocenters. The zero-order valence-electron chi connectivity index (χ0n) is 15.8. The third-order valence-electron chi connectivity index (χ3n) is 4.78. The first kappa shape index (κ1) is 19.7. The molecule has 27 heavy (non-hydrogen) atoms. The van der Waals surface area contributed by atoms with E-state index in [1.54, 1.807) is 12.1 Å². The molecule has 3 rings (SSSR count). The fourth-order valence-corrected chi connectivity index (χ4v) is 4.70. The second-order valence-electron chi connectivity index (χ2n) is 6.33. The van der Waals surface area contributed by atoms with Crippen LogP contribution in [0.25, 0.3) is 0 Å². The Hall–Kier alpha value is -2.09. The van der Waals surface area contributed by atoms with Crippen LogP contribution in [0.3, 0.4) is 0 Å². The van der Waals surface area contributed by atoms with Gasteiger partial charge in [0.05, 0.1) is 26.9 Å². The van der Waals surface area contributed by atoms with Gasteiger partial charge in [-0.15, -0.1) is 0 Å². The molecular weight excluding hydrogens is 366 g/mol. The van der Waals surface area contributed by atoms with Gasteiger partial charge >= 0.3 is 0 Å². The van der Waals surface area contributed by atoms with Crippen molar-refractivity contribution in [3.63, 3.8) is 0 Å². The van der Waals surface area contributed by atoms with Crippen LogP contribution in [0.1, 0.15) is 24.2 Å². The summed E-state index contributed by atoms with van der Waals surface area (Å²) in [6.07, 6.45) is 0.674. The Morgan fingerprint density at radius 2 is 1.85 bits per heavy atom. The first-order valence-electron chi connectivity index (χ1n) is 8.92. The molecule has 6 nitrogen and oxygen atoms in total. The van der Waals surface area contributed by atoms with E-state index < -0.39 is 10.0 Å². The zero-order chi connectivity index (χ0) is 19.4. The molecule has 2 aromatic carbocycles. The number of hydrogen-bond donors (Lipinski definition) is 0. The highest BCUT2D eigenvalue weighted by atomic mass is 32.2. The smallest absolute Gasteiger partial charge is 0.246 e. The van der Waals surface area contributed by atoms with Crippen molar-refractivity contribution in [3.8, 4) is 11.5 Å². The molecule has 1 heterocycles. The Labute approximate surface area is 160 Å². The van der Waals surface area contributed by atoms with Crippen molar-refractivity contribution >= 4 is 10.0 Å². The number of sulfonamides is 1. The molecule has 0 bridgehead atoms. The minimum absolute atomic E-state index is 0.132. The molecule has 0 spiro atoms. The maximum atomic E-state index is 13.2. The highest BCUT2D eigenvalue weighted by Gasteiger charge is 2.33. The van der Waals surface area contributed by atoms with Gasteiger partial charge in [-0.1, -0.05) is 31.2 Å². The van der Waals surface area contributed by atoms with Gasteiger partial charge in [-0.3, -0.25) is 0 Å². The lowest BCUT2D eigenvalue weighted by Crippen LogP contribution is -2.42. The van der Waals surface area contributed by atoms with Gasteiger partial charge in [-0.2, -0.15) is 4.31 Å². The summed E-state index contributed by atoms with van der Waals surface area (Å²) < 4.78 is 44.1. The first-order valence-corrected chi connectivity index (χ1v) is 10.4. The van der Waals surface area contributed by atoms with Crippen LogP contribution >= 0.6 is 0 Å². The summed E-state index contributed by atoms with van der Waals surface area (Å²) in [5.74, 6) is 0.811. The third-order valence-corrected chi connectivity index (χ3v) is 6.68. The van der Waals surface area contributed by atoms with Crippen LogP contribution in [0.5, 0.6) is 11.5 Å². The number of rotatable bonds is 6. The van der Waals surface area contributed by atoms with Crippen molar-refractivity contribution in [1.82, 2.24) is 4.31 Å². The van der Waals surface area contributed by atoms with Gasteiger partial charge in [0.1, 0.15) is 16.4 Å². The van der Waals surface area contributed by atoms with E-state index in [1.807, 2.05) is 12.1 Å². The minimum Gasteiger partial charge on any atom is -0.497 e. The van der Waals surface area contributed by atoms with Crippen molar-refractivity contribution in [2.45, 2.75) is 24.3 Å². The highest BCUT2D eigenvalue weighted by Crippen LogP contribution is 2.33. The van der Waals surface area contributed by atoms with Gasteiger partial charge < -0.3 is 14.2 Å². The number of hydrogen-bond acceptors (Lipinski definition) is 5. The zero-order valence-corrected chi connectivity index (χ0v) is 16.7. The monoisotopic (exact) mass is 391 g/mol. The summed E-state index contributed by atoms with van der Waals surface area (Å²) >= 11 is 0. The summed E-state index contributed by atoms with van der Waals surface area (Å²) in [6.45, 7) is 3.02. The second-order valence-corrected chi connectivity index (χ2v) is 8.24. The van der Waals surface area contributed by atoms with Gasteiger partial charge in [0, 0.05) is 19.2 Å².